The van der Waals surface area contributed by atoms with Crippen LogP contribution in [0.4, 0.5) is 5.69 Å². The molecule has 0 fully saturated rings. The van der Waals surface area contributed by atoms with Crippen molar-refractivity contribution in [2.75, 3.05) is 24.3 Å². The van der Waals surface area contributed by atoms with E-state index in [1.807, 2.05) is 30.0 Å². The van der Waals surface area contributed by atoms with Gasteiger partial charge in [-0.3, -0.25) is 4.79 Å². The van der Waals surface area contributed by atoms with Crippen LogP contribution in [0.2, 0.25) is 0 Å². The van der Waals surface area contributed by atoms with E-state index in [9.17, 15) is 4.79 Å². The zero-order chi connectivity index (χ0) is 13.1. The molecule has 1 unspecified atom stereocenters. The van der Waals surface area contributed by atoms with Gasteiger partial charge in [0, 0.05) is 29.3 Å². The van der Waals surface area contributed by atoms with Gasteiger partial charge in [-0.25, -0.2) is 0 Å². The highest BCUT2D eigenvalue weighted by Crippen LogP contribution is 2.39. The molecule has 0 amide bonds. The molecule has 2 rings (SSSR count). The number of nitrogens with zero attached hydrogens (tertiary/aromatic N) is 1. The van der Waals surface area contributed by atoms with E-state index < -0.39 is 5.97 Å². The summed E-state index contributed by atoms with van der Waals surface area (Å²) in [5.41, 5.74) is 1.08. The number of hydrogen-bond acceptors (Lipinski definition) is 4. The van der Waals surface area contributed by atoms with Gasteiger partial charge in [-0.1, -0.05) is 0 Å². The zero-order valence-electron chi connectivity index (χ0n) is 10.5. The minimum Gasteiger partial charge on any atom is -0.497 e. The van der Waals surface area contributed by atoms with E-state index in [1.54, 1.807) is 7.11 Å². The number of carboxylic acids is 1. The van der Waals surface area contributed by atoms with Crippen molar-refractivity contribution in [1.82, 2.24) is 0 Å². The number of hydrogen-bond donors (Lipinski definition) is 1. The van der Waals surface area contributed by atoms with Crippen molar-refractivity contribution >= 4 is 23.4 Å². The van der Waals surface area contributed by atoms with Crippen molar-refractivity contribution in [2.45, 2.75) is 24.3 Å². The Labute approximate surface area is 111 Å². The molecule has 18 heavy (non-hydrogen) atoms. The molecule has 0 aliphatic carbocycles. The lowest BCUT2D eigenvalue weighted by atomic mass is 10.2. The van der Waals surface area contributed by atoms with Gasteiger partial charge in [0.15, 0.2) is 0 Å². The van der Waals surface area contributed by atoms with Crippen molar-refractivity contribution < 1.29 is 14.6 Å². The molecular weight excluding hydrogens is 250 g/mol. The lowest BCUT2D eigenvalue weighted by Crippen LogP contribution is -2.39. The van der Waals surface area contributed by atoms with Crippen LogP contribution in [-0.4, -0.2) is 36.5 Å². The summed E-state index contributed by atoms with van der Waals surface area (Å²) in [4.78, 5) is 14.1. The second-order valence-electron chi connectivity index (χ2n) is 4.33. The predicted octanol–water partition coefficient (Wildman–Crippen LogP) is 2.47. The largest absolute Gasteiger partial charge is 0.497 e. The topological polar surface area (TPSA) is 49.8 Å². The summed E-state index contributed by atoms with van der Waals surface area (Å²) in [7, 11) is 1.64. The van der Waals surface area contributed by atoms with Gasteiger partial charge in [-0.2, -0.15) is 0 Å². The van der Waals surface area contributed by atoms with Crippen LogP contribution < -0.4 is 9.64 Å². The van der Waals surface area contributed by atoms with E-state index in [4.69, 9.17) is 9.84 Å². The van der Waals surface area contributed by atoms with Crippen molar-refractivity contribution in [3.05, 3.63) is 18.2 Å². The molecule has 1 heterocycles. The van der Waals surface area contributed by atoms with E-state index in [2.05, 4.69) is 11.8 Å². The maximum absolute atomic E-state index is 10.7. The molecule has 0 radical (unpaired) electrons. The van der Waals surface area contributed by atoms with E-state index in [0.717, 1.165) is 17.2 Å². The molecule has 0 spiro atoms. The Bertz CT molecular complexity index is 450. The fourth-order valence-corrected chi connectivity index (χ4v) is 3.15. The number of rotatable bonds is 4. The van der Waals surface area contributed by atoms with Gasteiger partial charge in [0.25, 0.3) is 0 Å². The Morgan fingerprint density at radius 1 is 1.61 bits per heavy atom. The average molecular weight is 267 g/mol. The Morgan fingerprint density at radius 2 is 2.39 bits per heavy atom. The van der Waals surface area contributed by atoms with Gasteiger partial charge < -0.3 is 14.7 Å². The van der Waals surface area contributed by atoms with E-state index in [-0.39, 0.29) is 6.42 Å². The minimum atomic E-state index is -0.759. The van der Waals surface area contributed by atoms with Gasteiger partial charge in [0.05, 0.1) is 19.2 Å². The normalized spacial score (nSPS) is 18.3. The number of benzene rings is 1. The highest BCUT2D eigenvalue weighted by atomic mass is 32.2. The van der Waals surface area contributed by atoms with Crippen molar-refractivity contribution in [1.29, 1.82) is 0 Å². The molecule has 0 aromatic heterocycles. The summed E-state index contributed by atoms with van der Waals surface area (Å²) in [6.07, 6.45) is 0.158. The number of methoxy groups -OCH3 is 1. The van der Waals surface area contributed by atoms with E-state index in [0.29, 0.717) is 12.6 Å². The standard InChI is InChI=1S/C13H17NO3S/c1-9-8-18-12-4-3-10(17-2)7-11(12)14(9)6-5-13(15)16/h3-4,7,9H,5-6,8H2,1-2H3,(H,15,16). The quantitative estimate of drug-likeness (QED) is 0.908. The smallest absolute Gasteiger partial charge is 0.305 e. The number of fused-ring (bicyclic) bond motifs is 1. The molecule has 1 atom stereocenters. The van der Waals surface area contributed by atoms with Gasteiger partial charge >= 0.3 is 5.97 Å². The van der Waals surface area contributed by atoms with Crippen molar-refractivity contribution in [2.24, 2.45) is 0 Å². The molecule has 0 saturated carbocycles. The molecule has 1 aliphatic heterocycles. The molecule has 4 nitrogen and oxygen atoms in total. The minimum absolute atomic E-state index is 0.158. The number of aliphatic carboxylic acids is 1. The van der Waals surface area contributed by atoms with Crippen LogP contribution >= 0.6 is 11.8 Å². The van der Waals surface area contributed by atoms with Gasteiger partial charge in [-0.15, -0.1) is 11.8 Å². The Morgan fingerprint density at radius 3 is 3.06 bits per heavy atom. The third-order valence-corrected chi connectivity index (χ3v) is 4.36. The van der Waals surface area contributed by atoms with Crippen molar-refractivity contribution in [3.8, 4) is 5.75 Å². The first-order chi connectivity index (χ1) is 8.61. The summed E-state index contributed by atoms with van der Waals surface area (Å²) in [5.74, 6) is 1.03. The van der Waals surface area contributed by atoms with Crippen LogP contribution in [0.3, 0.4) is 0 Å². The summed E-state index contributed by atoms with van der Waals surface area (Å²) < 4.78 is 5.24. The second kappa shape index (κ2) is 5.52. The third kappa shape index (κ3) is 2.72. The summed E-state index contributed by atoms with van der Waals surface area (Å²) in [6.45, 7) is 2.66. The van der Waals surface area contributed by atoms with Gasteiger partial charge in [0.2, 0.25) is 0 Å². The lowest BCUT2D eigenvalue weighted by molar-refractivity contribution is -0.136. The molecule has 1 aromatic carbocycles. The molecular formula is C13H17NO3S. The van der Waals surface area contributed by atoms with Gasteiger partial charge in [0.1, 0.15) is 5.75 Å². The molecule has 98 valence electrons. The Balaban J connectivity index is 2.26. The van der Waals surface area contributed by atoms with Crippen LogP contribution in [0, 0.1) is 0 Å². The average Bonchev–Trinajstić information content (AvgIpc) is 2.36. The number of carbonyl (C=O) groups is 1. The van der Waals surface area contributed by atoms with Crippen LogP contribution in [0.5, 0.6) is 5.75 Å². The van der Waals surface area contributed by atoms with Crippen LogP contribution in [0.25, 0.3) is 0 Å². The third-order valence-electron chi connectivity index (χ3n) is 3.05. The Kier molecular flexibility index (Phi) is 4.01. The maximum atomic E-state index is 10.7. The van der Waals surface area contributed by atoms with Crippen molar-refractivity contribution in [3.63, 3.8) is 0 Å². The highest BCUT2D eigenvalue weighted by molar-refractivity contribution is 7.99. The molecule has 0 bridgehead atoms. The molecule has 1 aromatic rings. The summed E-state index contributed by atoms with van der Waals surface area (Å²) >= 11 is 1.81. The SMILES string of the molecule is COc1ccc2c(c1)N(CCC(=O)O)C(C)CS2. The molecule has 1 aliphatic rings. The maximum Gasteiger partial charge on any atom is 0.305 e. The number of anilines is 1. The number of thioether (sulfide) groups is 1. The first-order valence-corrected chi connectivity index (χ1v) is 6.89. The lowest BCUT2D eigenvalue weighted by Gasteiger charge is -2.36. The number of ether oxygens (including phenoxy) is 1. The second-order valence-corrected chi connectivity index (χ2v) is 5.39. The fourth-order valence-electron chi connectivity index (χ4n) is 2.07. The molecule has 0 saturated heterocycles. The monoisotopic (exact) mass is 267 g/mol. The summed E-state index contributed by atoms with van der Waals surface area (Å²) in [5, 5.41) is 8.82. The number of carboxylic acid groups (broad SMARTS) is 1. The van der Waals surface area contributed by atoms with Crippen LogP contribution in [0.1, 0.15) is 13.3 Å². The predicted molar refractivity (Wildman–Crippen MR) is 72.8 cm³/mol. The first kappa shape index (κ1) is 13.1. The highest BCUT2D eigenvalue weighted by Gasteiger charge is 2.24. The summed E-state index contributed by atoms with van der Waals surface area (Å²) in [6, 6.07) is 6.31. The van der Waals surface area contributed by atoms with Gasteiger partial charge in [-0.05, 0) is 19.1 Å². The van der Waals surface area contributed by atoms with E-state index >= 15 is 0 Å². The Hall–Kier alpha value is -1.36. The first-order valence-electron chi connectivity index (χ1n) is 5.91. The van der Waals surface area contributed by atoms with E-state index in [1.165, 1.54) is 4.90 Å². The van der Waals surface area contributed by atoms with Crippen LogP contribution in [0.15, 0.2) is 23.1 Å². The fraction of sp³-hybridized carbons (Fsp3) is 0.462. The van der Waals surface area contributed by atoms with Crippen LogP contribution in [-0.2, 0) is 4.79 Å². The molecule has 5 heteroatoms. The zero-order valence-corrected chi connectivity index (χ0v) is 11.4. The molecule has 1 N–H and O–H groups in total.